The third-order valence-electron chi connectivity index (χ3n) is 5.78. The Morgan fingerprint density at radius 3 is 2.32 bits per heavy atom. The monoisotopic (exact) mass is 550 g/mol. The first-order valence-electron chi connectivity index (χ1n) is 11.4. The number of aromatic hydroxyl groups is 1. The molecular weight excluding hydrogens is 528 g/mol. The van der Waals surface area contributed by atoms with Crippen molar-refractivity contribution in [2.45, 2.75) is 19.8 Å². The largest absolute Gasteiger partial charge is 0.506 e. The van der Waals surface area contributed by atoms with Crippen LogP contribution in [0, 0.1) is 0 Å². The van der Waals surface area contributed by atoms with Gasteiger partial charge in [-0.15, -0.1) is 22.7 Å². The van der Waals surface area contributed by atoms with Crippen LogP contribution < -0.4 is 5.73 Å². The van der Waals surface area contributed by atoms with Crippen LogP contribution in [-0.2, 0) is 6.42 Å². The minimum Gasteiger partial charge on any atom is -0.506 e. The number of thiophene rings is 2. The number of amides is 1. The molecule has 0 radical (unpaired) electrons. The number of hydrogen-bond acceptors (Lipinski definition) is 7. The summed E-state index contributed by atoms with van der Waals surface area (Å²) < 4.78 is 0. The van der Waals surface area contributed by atoms with Gasteiger partial charge >= 0.3 is 0 Å². The number of hydrogen-bond donors (Lipinski definition) is 2. The highest BCUT2D eigenvalue weighted by atomic mass is 35.5. The topological polar surface area (TPSA) is 110 Å². The van der Waals surface area contributed by atoms with Crippen molar-refractivity contribution >= 4 is 57.5 Å². The third-order valence-corrected chi connectivity index (χ3v) is 8.22. The Hall–Kier alpha value is -3.59. The summed E-state index contributed by atoms with van der Waals surface area (Å²) in [4.78, 5) is 43.0. The lowest BCUT2D eigenvalue weighted by Crippen LogP contribution is -2.14. The maximum atomic E-state index is 12.7. The minimum atomic E-state index is -0.528. The molecule has 4 aromatic rings. The van der Waals surface area contributed by atoms with E-state index in [1.54, 1.807) is 60.8 Å². The number of halogens is 1. The predicted molar refractivity (Wildman–Crippen MR) is 150 cm³/mol. The van der Waals surface area contributed by atoms with E-state index in [0.717, 1.165) is 22.5 Å². The average molecular weight is 551 g/mol. The number of nitrogens with two attached hydrogens (primary N) is 1. The van der Waals surface area contributed by atoms with E-state index >= 15 is 0 Å². The number of rotatable bonds is 10. The van der Waals surface area contributed by atoms with Crippen molar-refractivity contribution in [3.8, 4) is 16.2 Å². The van der Waals surface area contributed by atoms with Crippen LogP contribution in [0.15, 0.2) is 71.0 Å². The number of aryl methyl sites for hydroxylation is 1. The smallest absolute Gasteiger partial charge is 0.248 e. The number of carbonyl (C=O) groups excluding carboxylic acids is 3. The molecule has 0 atom stereocenters. The molecule has 0 aliphatic carbocycles. The molecule has 3 N–H and O–H groups in total. The lowest BCUT2D eigenvalue weighted by atomic mass is 10.0. The highest BCUT2D eigenvalue weighted by Crippen LogP contribution is 2.39. The second-order valence-electron chi connectivity index (χ2n) is 8.27. The number of aliphatic imine (C=N–C) groups is 1. The zero-order chi connectivity index (χ0) is 26.5. The minimum absolute atomic E-state index is 0.0997. The normalized spacial score (nSPS) is 11.5. The predicted octanol–water partition coefficient (Wildman–Crippen LogP) is 6.44. The van der Waals surface area contributed by atoms with Crippen LogP contribution in [0.5, 0.6) is 5.75 Å². The highest BCUT2D eigenvalue weighted by Gasteiger charge is 2.17. The molecule has 2 aromatic carbocycles. The molecule has 0 aliphatic heterocycles. The van der Waals surface area contributed by atoms with Crippen LogP contribution >= 0.6 is 34.3 Å². The van der Waals surface area contributed by atoms with Gasteiger partial charge in [-0.25, -0.2) is 0 Å². The Morgan fingerprint density at radius 2 is 1.62 bits per heavy atom. The quantitative estimate of drug-likeness (QED) is 0.175. The van der Waals surface area contributed by atoms with Crippen molar-refractivity contribution in [1.82, 2.24) is 0 Å². The number of benzene rings is 2. The van der Waals surface area contributed by atoms with E-state index < -0.39 is 5.91 Å². The van der Waals surface area contributed by atoms with Crippen LogP contribution in [0.1, 0.15) is 54.2 Å². The van der Waals surface area contributed by atoms with Crippen LogP contribution in [0.3, 0.4) is 0 Å². The molecule has 37 heavy (non-hydrogen) atoms. The maximum absolute atomic E-state index is 12.7. The van der Waals surface area contributed by atoms with Crippen LogP contribution in [0.2, 0.25) is 5.02 Å². The third kappa shape index (κ3) is 6.22. The zero-order valence-corrected chi connectivity index (χ0v) is 22.3. The van der Waals surface area contributed by atoms with Gasteiger partial charge in [0.25, 0.3) is 0 Å². The van der Waals surface area contributed by atoms with Crippen LogP contribution in [0.25, 0.3) is 10.4 Å². The standard InChI is InChI=1S/C28H23ClN2O4S2/c1-16(21-15-36-27(26(21)34)18-6-9-19(29)10-7-18)31-14-23(33)25-13-12-24(37-25)22(32)11-8-17-4-2-3-5-20(17)28(30)35/h2-7,9-10,12-13,15,34H,8,11,14H2,1H3,(H2,30,35). The SMILES string of the molecule is CC(=NCC(=O)c1ccc(C(=O)CCc2ccccc2C(N)=O)s1)c1csc(-c2ccc(Cl)cc2)c1O. The van der Waals surface area contributed by atoms with E-state index in [2.05, 4.69) is 4.99 Å². The van der Waals surface area contributed by atoms with Gasteiger partial charge in [-0.3, -0.25) is 19.4 Å². The van der Waals surface area contributed by atoms with Gasteiger partial charge < -0.3 is 10.8 Å². The second-order valence-corrected chi connectivity index (χ2v) is 10.7. The van der Waals surface area contributed by atoms with Crippen molar-refractivity contribution in [2.75, 3.05) is 6.54 Å². The van der Waals surface area contributed by atoms with Crippen LogP contribution in [-0.4, -0.2) is 34.8 Å². The lowest BCUT2D eigenvalue weighted by molar-refractivity contribution is 0.0977. The Labute approximate surface area is 227 Å². The number of carbonyl (C=O) groups is 3. The van der Waals surface area contributed by atoms with Gasteiger partial charge in [-0.05, 0) is 54.8 Å². The maximum Gasteiger partial charge on any atom is 0.248 e. The molecule has 0 fully saturated rings. The van der Waals surface area contributed by atoms with Crippen molar-refractivity contribution < 1.29 is 19.5 Å². The molecule has 4 rings (SSSR count). The molecule has 0 saturated heterocycles. The average Bonchev–Trinajstić information content (AvgIpc) is 3.54. The number of ketones is 2. The summed E-state index contributed by atoms with van der Waals surface area (Å²) in [5, 5.41) is 13.1. The summed E-state index contributed by atoms with van der Waals surface area (Å²) in [5.74, 6) is -0.737. The van der Waals surface area contributed by atoms with Gasteiger partial charge in [0.15, 0.2) is 11.6 Å². The summed E-state index contributed by atoms with van der Waals surface area (Å²) in [6, 6.07) is 17.4. The molecule has 0 bridgehead atoms. The van der Waals surface area contributed by atoms with Crippen LogP contribution in [0.4, 0.5) is 0 Å². The molecular formula is C28H23ClN2O4S2. The fraction of sp³-hybridized carbons (Fsp3) is 0.143. The lowest BCUT2D eigenvalue weighted by Gasteiger charge is -2.05. The Kier molecular flexibility index (Phi) is 8.33. The van der Waals surface area contributed by atoms with E-state index in [-0.39, 0.29) is 30.3 Å². The molecule has 0 saturated carbocycles. The Morgan fingerprint density at radius 1 is 0.946 bits per heavy atom. The first kappa shape index (κ1) is 26.5. The summed E-state index contributed by atoms with van der Waals surface area (Å²) >= 11 is 8.46. The van der Waals surface area contributed by atoms with Crippen molar-refractivity contribution in [1.29, 1.82) is 0 Å². The number of Topliss-reactive ketones (excluding diaryl/α,β-unsaturated/α-hetero) is 2. The molecule has 0 aliphatic rings. The molecule has 1 amide bonds. The summed E-state index contributed by atoms with van der Waals surface area (Å²) in [5.41, 5.74) is 8.49. The fourth-order valence-corrected chi connectivity index (χ4v) is 5.80. The van der Waals surface area contributed by atoms with Gasteiger partial charge in [-0.2, -0.15) is 0 Å². The highest BCUT2D eigenvalue weighted by molar-refractivity contribution is 7.16. The molecule has 9 heteroatoms. The van der Waals surface area contributed by atoms with E-state index in [1.165, 1.54) is 11.3 Å². The summed E-state index contributed by atoms with van der Waals surface area (Å²) in [6.45, 7) is 1.64. The van der Waals surface area contributed by atoms with Gasteiger partial charge in [0.05, 0.1) is 14.6 Å². The number of nitrogens with zero attached hydrogens (tertiary/aromatic N) is 1. The molecule has 2 heterocycles. The van der Waals surface area contributed by atoms with Crippen molar-refractivity contribution in [3.05, 3.63) is 97.5 Å². The van der Waals surface area contributed by atoms with E-state index in [0.29, 0.717) is 42.9 Å². The zero-order valence-electron chi connectivity index (χ0n) is 19.9. The molecule has 0 unspecified atom stereocenters. The Balaban J connectivity index is 1.39. The first-order valence-corrected chi connectivity index (χ1v) is 13.4. The molecule has 6 nitrogen and oxygen atoms in total. The van der Waals surface area contributed by atoms with Gasteiger partial charge in [0.2, 0.25) is 5.91 Å². The van der Waals surface area contributed by atoms with E-state index in [4.69, 9.17) is 17.3 Å². The van der Waals surface area contributed by atoms with Crippen molar-refractivity contribution in [3.63, 3.8) is 0 Å². The molecule has 188 valence electrons. The fourth-order valence-electron chi connectivity index (χ4n) is 3.76. The molecule has 2 aromatic heterocycles. The van der Waals surface area contributed by atoms with E-state index in [9.17, 15) is 19.5 Å². The van der Waals surface area contributed by atoms with E-state index in [1.807, 2.05) is 12.1 Å². The van der Waals surface area contributed by atoms with Gasteiger partial charge in [0, 0.05) is 33.7 Å². The number of primary amides is 1. The van der Waals surface area contributed by atoms with Gasteiger partial charge in [0.1, 0.15) is 12.3 Å². The molecule has 0 spiro atoms. The van der Waals surface area contributed by atoms with Crippen molar-refractivity contribution in [2.24, 2.45) is 10.7 Å². The van der Waals surface area contributed by atoms with Gasteiger partial charge in [-0.1, -0.05) is 41.9 Å². The first-order chi connectivity index (χ1) is 17.7. The second kappa shape index (κ2) is 11.6. The summed E-state index contributed by atoms with van der Waals surface area (Å²) in [7, 11) is 0. The Bertz CT molecular complexity index is 1500. The summed E-state index contributed by atoms with van der Waals surface area (Å²) in [6.07, 6.45) is 0.577.